The molecule has 1 aromatic heterocycles. The second-order valence-electron chi connectivity index (χ2n) is 5.36. The molecule has 1 heterocycles. The van der Waals surface area contributed by atoms with Crippen LogP contribution in [0, 0.1) is 0 Å². The largest absolute Gasteiger partial charge is 0.460 e. The maximum atomic E-state index is 12.0. The van der Waals surface area contributed by atoms with Crippen molar-refractivity contribution >= 4 is 17.7 Å². The molecular formula is C19H19N3O2S. The van der Waals surface area contributed by atoms with Gasteiger partial charge in [-0.05, 0) is 17.7 Å². The van der Waals surface area contributed by atoms with Gasteiger partial charge in [-0.25, -0.2) is 0 Å². The summed E-state index contributed by atoms with van der Waals surface area (Å²) in [5.74, 6) is 0.794. The summed E-state index contributed by atoms with van der Waals surface area (Å²) < 4.78 is 7.29. The fourth-order valence-electron chi connectivity index (χ4n) is 2.36. The number of benzene rings is 2. The molecule has 25 heavy (non-hydrogen) atoms. The summed E-state index contributed by atoms with van der Waals surface area (Å²) in [4.78, 5) is 12.0. The zero-order chi connectivity index (χ0) is 17.5. The van der Waals surface area contributed by atoms with Gasteiger partial charge >= 0.3 is 5.97 Å². The molecule has 0 spiro atoms. The lowest BCUT2D eigenvalue weighted by Gasteiger charge is -2.09. The Hall–Kier alpha value is -2.60. The third-order valence-corrected chi connectivity index (χ3v) is 4.50. The maximum Gasteiger partial charge on any atom is 0.316 e. The molecule has 0 fully saturated rings. The van der Waals surface area contributed by atoms with E-state index in [1.54, 1.807) is 0 Å². The zero-order valence-electron chi connectivity index (χ0n) is 14.0. The van der Waals surface area contributed by atoms with Gasteiger partial charge in [-0.3, -0.25) is 9.36 Å². The van der Waals surface area contributed by atoms with Crippen LogP contribution in [0.1, 0.15) is 18.3 Å². The molecule has 0 N–H and O–H groups in total. The first-order chi connectivity index (χ1) is 12.3. The molecule has 128 valence electrons. The van der Waals surface area contributed by atoms with Crippen molar-refractivity contribution in [1.82, 2.24) is 14.8 Å². The third kappa shape index (κ3) is 4.48. The fourth-order valence-corrected chi connectivity index (χ4v) is 3.13. The van der Waals surface area contributed by atoms with E-state index in [0.717, 1.165) is 23.5 Å². The number of nitrogens with zero attached hydrogens (tertiary/aromatic N) is 3. The molecule has 0 radical (unpaired) electrons. The van der Waals surface area contributed by atoms with Crippen LogP contribution in [0.4, 0.5) is 0 Å². The maximum absolute atomic E-state index is 12.0. The molecule has 0 aliphatic carbocycles. The van der Waals surface area contributed by atoms with E-state index < -0.39 is 0 Å². The van der Waals surface area contributed by atoms with E-state index in [1.807, 2.05) is 72.2 Å². The molecule has 3 rings (SSSR count). The average molecular weight is 353 g/mol. The van der Waals surface area contributed by atoms with Gasteiger partial charge in [0.05, 0.1) is 5.75 Å². The van der Waals surface area contributed by atoms with Crippen LogP contribution >= 0.6 is 11.8 Å². The summed E-state index contributed by atoms with van der Waals surface area (Å²) in [6.07, 6.45) is 0.765. The van der Waals surface area contributed by atoms with Crippen LogP contribution in [0.25, 0.3) is 5.69 Å². The van der Waals surface area contributed by atoms with E-state index >= 15 is 0 Å². The molecule has 0 saturated carbocycles. The number of ether oxygens (including phenoxy) is 1. The minimum atomic E-state index is -0.269. The van der Waals surface area contributed by atoms with Crippen LogP contribution in [0.5, 0.6) is 0 Å². The van der Waals surface area contributed by atoms with Gasteiger partial charge < -0.3 is 4.74 Å². The van der Waals surface area contributed by atoms with Crippen LogP contribution in [0.15, 0.2) is 65.8 Å². The van der Waals surface area contributed by atoms with Crippen LogP contribution in [0.2, 0.25) is 0 Å². The Morgan fingerprint density at radius 2 is 1.72 bits per heavy atom. The van der Waals surface area contributed by atoms with Crippen LogP contribution < -0.4 is 0 Å². The van der Waals surface area contributed by atoms with E-state index in [2.05, 4.69) is 10.2 Å². The SMILES string of the molecule is CCc1nnc(SCC(=O)OCc2ccccc2)n1-c1ccccc1. The number of esters is 1. The molecular weight excluding hydrogens is 334 g/mol. The standard InChI is InChI=1S/C19H19N3O2S/c1-2-17-20-21-19(22(17)16-11-7-4-8-12-16)25-14-18(23)24-13-15-9-5-3-6-10-15/h3-12H,2,13-14H2,1H3. The Balaban J connectivity index is 1.63. The van der Waals surface area contributed by atoms with Crippen molar-refractivity contribution in [3.8, 4) is 5.69 Å². The third-order valence-electron chi connectivity index (χ3n) is 3.59. The van der Waals surface area contributed by atoms with Gasteiger partial charge in [-0.1, -0.05) is 67.2 Å². The van der Waals surface area contributed by atoms with Crippen molar-refractivity contribution in [3.63, 3.8) is 0 Å². The number of carbonyl (C=O) groups is 1. The van der Waals surface area contributed by atoms with Crippen molar-refractivity contribution in [2.75, 3.05) is 5.75 Å². The number of thioether (sulfide) groups is 1. The van der Waals surface area contributed by atoms with Crippen molar-refractivity contribution in [3.05, 3.63) is 72.1 Å². The van der Waals surface area contributed by atoms with E-state index in [1.165, 1.54) is 11.8 Å². The predicted octanol–water partition coefficient (Wildman–Crippen LogP) is 3.67. The lowest BCUT2D eigenvalue weighted by molar-refractivity contribution is -0.141. The minimum Gasteiger partial charge on any atom is -0.460 e. The average Bonchev–Trinajstić information content (AvgIpc) is 3.09. The van der Waals surface area contributed by atoms with Crippen LogP contribution in [-0.2, 0) is 22.6 Å². The Labute approximate surface area is 151 Å². The number of hydrogen-bond acceptors (Lipinski definition) is 5. The number of aryl methyl sites for hydroxylation is 1. The molecule has 6 heteroatoms. The van der Waals surface area contributed by atoms with Gasteiger partial charge in [0.1, 0.15) is 12.4 Å². The highest BCUT2D eigenvalue weighted by molar-refractivity contribution is 7.99. The van der Waals surface area contributed by atoms with E-state index in [0.29, 0.717) is 5.16 Å². The monoisotopic (exact) mass is 353 g/mol. The highest BCUT2D eigenvalue weighted by Gasteiger charge is 2.15. The number of aromatic nitrogens is 3. The molecule has 0 unspecified atom stereocenters. The summed E-state index contributed by atoms with van der Waals surface area (Å²) in [6, 6.07) is 19.5. The van der Waals surface area contributed by atoms with Crippen LogP contribution in [0.3, 0.4) is 0 Å². The highest BCUT2D eigenvalue weighted by Crippen LogP contribution is 2.22. The van der Waals surface area contributed by atoms with Crippen molar-refractivity contribution in [2.45, 2.75) is 25.1 Å². The molecule has 0 aliphatic heterocycles. The first kappa shape index (κ1) is 17.2. The Morgan fingerprint density at radius 1 is 1.04 bits per heavy atom. The van der Waals surface area contributed by atoms with Gasteiger partial charge in [0.15, 0.2) is 5.16 Å². The molecule has 0 bridgehead atoms. The lowest BCUT2D eigenvalue weighted by Crippen LogP contribution is -2.08. The number of hydrogen-bond donors (Lipinski definition) is 0. The lowest BCUT2D eigenvalue weighted by atomic mass is 10.2. The number of para-hydroxylation sites is 1. The second-order valence-corrected chi connectivity index (χ2v) is 6.30. The fraction of sp³-hybridized carbons (Fsp3) is 0.211. The number of rotatable bonds is 7. The predicted molar refractivity (Wildman–Crippen MR) is 97.7 cm³/mol. The highest BCUT2D eigenvalue weighted by atomic mass is 32.2. The first-order valence-corrected chi connectivity index (χ1v) is 9.08. The van der Waals surface area contributed by atoms with Crippen molar-refractivity contribution in [2.24, 2.45) is 0 Å². The summed E-state index contributed by atoms with van der Waals surface area (Å²) in [5, 5.41) is 9.14. The quantitative estimate of drug-likeness (QED) is 0.479. The smallest absolute Gasteiger partial charge is 0.316 e. The molecule has 2 aromatic carbocycles. The Bertz CT molecular complexity index is 819. The molecule has 0 amide bonds. The molecule has 0 aliphatic rings. The molecule has 0 saturated heterocycles. The molecule has 3 aromatic rings. The second kappa shape index (κ2) is 8.48. The summed E-state index contributed by atoms with van der Waals surface area (Å²) >= 11 is 1.34. The summed E-state index contributed by atoms with van der Waals surface area (Å²) in [7, 11) is 0. The van der Waals surface area contributed by atoms with Gasteiger partial charge in [0.25, 0.3) is 0 Å². The summed E-state index contributed by atoms with van der Waals surface area (Å²) in [6.45, 7) is 2.32. The van der Waals surface area contributed by atoms with E-state index in [4.69, 9.17) is 4.74 Å². The zero-order valence-corrected chi connectivity index (χ0v) is 14.8. The molecule has 5 nitrogen and oxygen atoms in total. The van der Waals surface area contributed by atoms with Gasteiger partial charge in [0, 0.05) is 12.1 Å². The Morgan fingerprint density at radius 3 is 2.40 bits per heavy atom. The summed E-state index contributed by atoms with van der Waals surface area (Å²) in [5.41, 5.74) is 1.96. The topological polar surface area (TPSA) is 57.0 Å². The van der Waals surface area contributed by atoms with Gasteiger partial charge in [0.2, 0.25) is 0 Å². The van der Waals surface area contributed by atoms with Crippen molar-refractivity contribution in [1.29, 1.82) is 0 Å². The normalized spacial score (nSPS) is 10.6. The van der Waals surface area contributed by atoms with Gasteiger partial charge in [-0.2, -0.15) is 0 Å². The minimum absolute atomic E-state index is 0.196. The van der Waals surface area contributed by atoms with Crippen molar-refractivity contribution < 1.29 is 9.53 Å². The molecule has 0 atom stereocenters. The van der Waals surface area contributed by atoms with E-state index in [9.17, 15) is 4.79 Å². The number of carbonyl (C=O) groups excluding carboxylic acids is 1. The van der Waals surface area contributed by atoms with E-state index in [-0.39, 0.29) is 18.3 Å². The first-order valence-electron chi connectivity index (χ1n) is 8.10. The Kier molecular flexibility index (Phi) is 5.85. The van der Waals surface area contributed by atoms with Crippen LogP contribution in [-0.4, -0.2) is 26.5 Å². The van der Waals surface area contributed by atoms with Gasteiger partial charge in [-0.15, -0.1) is 10.2 Å².